The van der Waals surface area contributed by atoms with Crippen LogP contribution in [-0.2, 0) is 11.3 Å². The highest BCUT2D eigenvalue weighted by molar-refractivity contribution is 8.18. The van der Waals surface area contributed by atoms with Crippen molar-refractivity contribution in [2.75, 3.05) is 32.8 Å². The molecule has 2 aliphatic rings. The fourth-order valence-electron chi connectivity index (χ4n) is 4.94. The number of hydrogen-bond donors (Lipinski definition) is 0. The summed E-state index contributed by atoms with van der Waals surface area (Å²) in [5, 5.41) is 5.70. The van der Waals surface area contributed by atoms with Crippen LogP contribution >= 0.6 is 11.8 Å². The van der Waals surface area contributed by atoms with Crippen LogP contribution in [-0.4, -0.2) is 63.4 Å². The Bertz CT molecular complexity index is 1540. The number of nitrogens with zero attached hydrogens (tertiary/aromatic N) is 5. The zero-order chi connectivity index (χ0) is 27.3. The average Bonchev–Trinajstić information content (AvgIpc) is 3.58. The third-order valence-electron chi connectivity index (χ3n) is 6.97. The van der Waals surface area contributed by atoms with Crippen LogP contribution in [0.25, 0.3) is 23.0 Å². The van der Waals surface area contributed by atoms with E-state index in [2.05, 4.69) is 39.1 Å². The highest BCUT2D eigenvalue weighted by Gasteiger charge is 2.29. The van der Waals surface area contributed by atoms with Gasteiger partial charge in [-0.2, -0.15) is 10.1 Å². The van der Waals surface area contributed by atoms with Gasteiger partial charge in [0.25, 0.3) is 5.91 Å². The van der Waals surface area contributed by atoms with Gasteiger partial charge < -0.3 is 9.64 Å². The summed E-state index contributed by atoms with van der Waals surface area (Å²) in [5.41, 5.74) is 4.85. The number of carbonyl (C=O) groups excluding carboxylic acids is 1. The Labute approximate surface area is 238 Å². The fourth-order valence-corrected chi connectivity index (χ4v) is 5.90. The van der Waals surface area contributed by atoms with E-state index in [0.29, 0.717) is 11.5 Å². The van der Waals surface area contributed by atoms with E-state index in [1.54, 1.807) is 0 Å². The van der Waals surface area contributed by atoms with Crippen molar-refractivity contribution >= 4 is 28.9 Å². The molecule has 3 heterocycles. The van der Waals surface area contributed by atoms with E-state index >= 15 is 0 Å². The summed E-state index contributed by atoms with van der Waals surface area (Å²) >= 11 is 1.45. The molecule has 0 spiro atoms. The third-order valence-corrected chi connectivity index (χ3v) is 8.01. The predicted octanol–water partition coefficient (Wildman–Crippen LogP) is 5.73. The normalized spacial score (nSPS) is 16.9. The first-order chi connectivity index (χ1) is 19.7. The minimum absolute atomic E-state index is 0.201. The Balaban J connectivity index is 1.21. The molecule has 0 unspecified atom stereocenters. The molecule has 1 fully saturated rings. The number of thioether (sulfide) groups is 1. The average molecular weight is 550 g/mol. The molecule has 0 aliphatic carbocycles. The number of amides is 1. The lowest BCUT2D eigenvalue weighted by Gasteiger charge is -2.35. The number of rotatable bonds is 7. The van der Waals surface area contributed by atoms with E-state index in [9.17, 15) is 4.79 Å². The molecule has 202 valence electrons. The number of piperazine rings is 1. The van der Waals surface area contributed by atoms with Crippen LogP contribution in [0.4, 0.5) is 0 Å². The van der Waals surface area contributed by atoms with Gasteiger partial charge in [-0.25, -0.2) is 4.68 Å². The van der Waals surface area contributed by atoms with Crippen LogP contribution in [0.3, 0.4) is 0 Å². The number of aromatic nitrogens is 2. The molecule has 0 radical (unpaired) electrons. The summed E-state index contributed by atoms with van der Waals surface area (Å²) in [6.45, 7) is 7.07. The summed E-state index contributed by atoms with van der Waals surface area (Å²) in [5.74, 6) is 0.587. The number of benzene rings is 3. The molecule has 1 aromatic heterocycles. The van der Waals surface area contributed by atoms with Gasteiger partial charge >= 0.3 is 0 Å². The Kier molecular flexibility index (Phi) is 7.79. The van der Waals surface area contributed by atoms with Crippen molar-refractivity contribution < 1.29 is 9.53 Å². The van der Waals surface area contributed by atoms with Gasteiger partial charge in [-0.3, -0.25) is 9.69 Å². The summed E-state index contributed by atoms with van der Waals surface area (Å²) in [7, 11) is 0. The SMILES string of the molecule is CCOc1cccc(-c2nn(-c3ccccc3)cc2C=C2SC(N3CCN(Cc4ccccc4)CC3)=NC2=O)c1. The third kappa shape index (κ3) is 5.88. The second-order valence-electron chi connectivity index (χ2n) is 9.73. The molecule has 0 N–H and O–H groups in total. The van der Waals surface area contributed by atoms with Crippen LogP contribution in [0.15, 0.2) is 101 Å². The van der Waals surface area contributed by atoms with Crippen LogP contribution in [0, 0.1) is 0 Å². The second-order valence-corrected chi connectivity index (χ2v) is 10.7. The predicted molar refractivity (Wildman–Crippen MR) is 161 cm³/mol. The molecule has 1 amide bonds. The van der Waals surface area contributed by atoms with E-state index in [1.165, 1.54) is 17.3 Å². The van der Waals surface area contributed by atoms with E-state index in [4.69, 9.17) is 9.84 Å². The lowest BCUT2D eigenvalue weighted by molar-refractivity contribution is -0.113. The Morgan fingerprint density at radius 3 is 2.42 bits per heavy atom. The summed E-state index contributed by atoms with van der Waals surface area (Å²) < 4.78 is 7.59. The molecule has 1 saturated heterocycles. The van der Waals surface area contributed by atoms with Crippen molar-refractivity contribution in [3.63, 3.8) is 0 Å². The zero-order valence-corrected chi connectivity index (χ0v) is 23.3. The molecule has 2 aliphatic heterocycles. The number of hydrogen-bond acceptors (Lipinski definition) is 6. The highest BCUT2D eigenvalue weighted by Crippen LogP contribution is 2.34. The van der Waals surface area contributed by atoms with Crippen molar-refractivity contribution in [2.45, 2.75) is 13.5 Å². The molecule has 0 saturated carbocycles. The lowest BCUT2D eigenvalue weighted by atomic mass is 10.1. The Morgan fingerprint density at radius 2 is 1.68 bits per heavy atom. The highest BCUT2D eigenvalue weighted by atomic mass is 32.2. The molecular weight excluding hydrogens is 518 g/mol. The topological polar surface area (TPSA) is 63.0 Å². The van der Waals surface area contributed by atoms with Gasteiger partial charge in [-0.15, -0.1) is 0 Å². The van der Waals surface area contributed by atoms with Crippen LogP contribution in [0.1, 0.15) is 18.1 Å². The molecule has 4 aromatic rings. The minimum atomic E-state index is -0.201. The zero-order valence-electron chi connectivity index (χ0n) is 22.4. The molecule has 7 nitrogen and oxygen atoms in total. The van der Waals surface area contributed by atoms with Crippen molar-refractivity contribution in [3.8, 4) is 22.7 Å². The van der Waals surface area contributed by atoms with Crippen LogP contribution < -0.4 is 4.74 Å². The minimum Gasteiger partial charge on any atom is -0.494 e. The van der Waals surface area contributed by atoms with E-state index in [-0.39, 0.29) is 5.91 Å². The van der Waals surface area contributed by atoms with Gasteiger partial charge in [0.15, 0.2) is 5.17 Å². The van der Waals surface area contributed by atoms with E-state index in [0.717, 1.165) is 66.1 Å². The Hall–Kier alpha value is -4.14. The summed E-state index contributed by atoms with van der Waals surface area (Å²) in [4.78, 5) is 22.8. The summed E-state index contributed by atoms with van der Waals surface area (Å²) in [6.07, 6.45) is 3.89. The van der Waals surface area contributed by atoms with Gasteiger partial charge in [0, 0.05) is 50.0 Å². The maximum Gasteiger partial charge on any atom is 0.286 e. The van der Waals surface area contributed by atoms with Gasteiger partial charge in [0.2, 0.25) is 0 Å². The van der Waals surface area contributed by atoms with Crippen molar-refractivity contribution in [1.82, 2.24) is 19.6 Å². The van der Waals surface area contributed by atoms with Crippen LogP contribution in [0.2, 0.25) is 0 Å². The number of amidine groups is 1. The molecule has 3 aromatic carbocycles. The Morgan fingerprint density at radius 1 is 0.925 bits per heavy atom. The monoisotopic (exact) mass is 549 g/mol. The largest absolute Gasteiger partial charge is 0.494 e. The molecule has 40 heavy (non-hydrogen) atoms. The number of ether oxygens (including phenoxy) is 1. The molecular formula is C32H31N5O2S. The van der Waals surface area contributed by atoms with Gasteiger partial charge in [0.1, 0.15) is 11.4 Å². The number of carbonyl (C=O) groups is 1. The van der Waals surface area contributed by atoms with Crippen molar-refractivity contribution in [1.29, 1.82) is 0 Å². The van der Waals surface area contributed by atoms with E-state index in [1.807, 2.05) is 84.5 Å². The van der Waals surface area contributed by atoms with Crippen molar-refractivity contribution in [2.24, 2.45) is 4.99 Å². The van der Waals surface area contributed by atoms with Crippen molar-refractivity contribution in [3.05, 3.63) is 107 Å². The molecule has 6 rings (SSSR count). The fraction of sp³-hybridized carbons (Fsp3) is 0.219. The lowest BCUT2D eigenvalue weighted by Crippen LogP contribution is -2.47. The first kappa shape index (κ1) is 26.1. The maximum absolute atomic E-state index is 13.0. The molecule has 0 bridgehead atoms. The van der Waals surface area contributed by atoms with Crippen LogP contribution in [0.5, 0.6) is 5.75 Å². The molecule has 0 atom stereocenters. The standard InChI is InChI=1S/C32H31N5O2S/c1-2-39-28-15-9-12-25(20-28)30-26(23-37(34-30)27-13-7-4-8-14-27)21-29-31(38)33-32(40-29)36-18-16-35(17-19-36)22-24-10-5-3-6-11-24/h3-15,20-21,23H,2,16-19,22H2,1H3. The quantitative estimate of drug-likeness (QED) is 0.275. The van der Waals surface area contributed by atoms with Gasteiger partial charge in [0.05, 0.1) is 17.2 Å². The number of aliphatic imine (C=N–C) groups is 1. The van der Waals surface area contributed by atoms with Gasteiger partial charge in [-0.1, -0.05) is 60.7 Å². The molecule has 8 heteroatoms. The number of para-hydroxylation sites is 1. The first-order valence-electron chi connectivity index (χ1n) is 13.6. The van der Waals surface area contributed by atoms with E-state index < -0.39 is 0 Å². The first-order valence-corrected chi connectivity index (χ1v) is 14.4. The summed E-state index contributed by atoms with van der Waals surface area (Å²) in [6, 6.07) is 28.4. The smallest absolute Gasteiger partial charge is 0.286 e. The maximum atomic E-state index is 13.0. The second kappa shape index (κ2) is 11.9. The van der Waals surface area contributed by atoms with Gasteiger partial charge in [-0.05, 0) is 54.6 Å².